The fourth-order valence-electron chi connectivity index (χ4n) is 9.10. The summed E-state index contributed by atoms with van der Waals surface area (Å²) in [6.45, 7) is 0. The summed E-state index contributed by atoms with van der Waals surface area (Å²) in [5, 5.41) is 23.6. The molecular formula is C39H28Cl2F3N5O8. The maximum Gasteiger partial charge on any atom is 0.417 e. The number of hydrazine groups is 1. The number of ether oxygens (including phenoxy) is 1. The number of aromatic hydroxyl groups is 1. The van der Waals surface area contributed by atoms with Crippen LogP contribution in [0.5, 0.6) is 11.5 Å². The number of nitrogens with one attached hydrogen (secondary N) is 1. The van der Waals surface area contributed by atoms with Gasteiger partial charge >= 0.3 is 6.18 Å². The first-order valence-corrected chi connectivity index (χ1v) is 18.2. The number of halogens is 5. The number of benzene rings is 3. The number of hydrogen-bond acceptors (Lipinski definition) is 10. The molecule has 4 amide bonds. The quantitative estimate of drug-likeness (QED) is 0.0839. The van der Waals surface area contributed by atoms with Gasteiger partial charge in [-0.15, -0.1) is 0 Å². The van der Waals surface area contributed by atoms with Gasteiger partial charge in [0, 0.05) is 34.8 Å². The highest BCUT2D eigenvalue weighted by Crippen LogP contribution is 2.66. The Morgan fingerprint density at radius 3 is 2.37 bits per heavy atom. The number of amides is 4. The van der Waals surface area contributed by atoms with Crippen molar-refractivity contribution in [2.75, 3.05) is 17.4 Å². The van der Waals surface area contributed by atoms with Gasteiger partial charge in [-0.1, -0.05) is 59.1 Å². The average Bonchev–Trinajstić information content (AvgIpc) is 3.56. The molecule has 2 N–H and O–H groups in total. The van der Waals surface area contributed by atoms with Crippen molar-refractivity contribution in [3.8, 4) is 11.5 Å². The minimum absolute atomic E-state index is 0.00451. The molecule has 4 aromatic rings. The number of pyridine rings is 1. The van der Waals surface area contributed by atoms with Gasteiger partial charge in [-0.3, -0.25) is 34.7 Å². The number of carbonyl (C=O) groups is 4. The van der Waals surface area contributed by atoms with Gasteiger partial charge < -0.3 is 9.84 Å². The molecule has 0 unspecified atom stereocenters. The van der Waals surface area contributed by atoms with Crippen molar-refractivity contribution in [1.82, 2.24) is 9.99 Å². The summed E-state index contributed by atoms with van der Waals surface area (Å²) in [6.07, 6.45) is -2.78. The van der Waals surface area contributed by atoms with Crippen molar-refractivity contribution in [2.45, 2.75) is 30.4 Å². The second-order valence-corrected chi connectivity index (χ2v) is 14.9. The molecule has 2 aliphatic carbocycles. The van der Waals surface area contributed by atoms with E-state index in [-0.39, 0.29) is 46.8 Å². The number of imide groups is 2. The molecule has 57 heavy (non-hydrogen) atoms. The number of nitro benzene ring substituents is 1. The molecule has 3 heterocycles. The van der Waals surface area contributed by atoms with Crippen molar-refractivity contribution in [3.05, 3.63) is 127 Å². The summed E-state index contributed by atoms with van der Waals surface area (Å²) in [7, 11) is 1.35. The molecular weight excluding hydrogens is 794 g/mol. The largest absolute Gasteiger partial charge is 0.508 e. The highest BCUT2D eigenvalue weighted by atomic mass is 35.5. The van der Waals surface area contributed by atoms with Crippen LogP contribution >= 0.6 is 23.2 Å². The predicted octanol–water partition coefficient (Wildman–Crippen LogP) is 7.22. The lowest BCUT2D eigenvalue weighted by Gasteiger charge is -2.50. The minimum atomic E-state index is -4.79. The van der Waals surface area contributed by atoms with Crippen LogP contribution in [0.3, 0.4) is 0 Å². The summed E-state index contributed by atoms with van der Waals surface area (Å²) >= 11 is 12.6. The number of methoxy groups -OCH3 is 1. The van der Waals surface area contributed by atoms with Crippen LogP contribution in [0, 0.1) is 33.8 Å². The van der Waals surface area contributed by atoms with Gasteiger partial charge in [0.15, 0.2) is 5.82 Å². The van der Waals surface area contributed by atoms with Crippen LogP contribution < -0.4 is 15.1 Å². The lowest BCUT2D eigenvalue weighted by atomic mass is 9.49. The summed E-state index contributed by atoms with van der Waals surface area (Å²) in [5.74, 6) is -9.22. The van der Waals surface area contributed by atoms with Crippen molar-refractivity contribution in [1.29, 1.82) is 0 Å². The fourth-order valence-corrected chi connectivity index (χ4v) is 9.43. The Morgan fingerprint density at radius 1 is 0.982 bits per heavy atom. The smallest absolute Gasteiger partial charge is 0.417 e. The van der Waals surface area contributed by atoms with Crippen LogP contribution in [-0.4, -0.2) is 50.8 Å². The van der Waals surface area contributed by atoms with Crippen LogP contribution in [0.25, 0.3) is 0 Å². The van der Waals surface area contributed by atoms with Crippen molar-refractivity contribution in [3.63, 3.8) is 0 Å². The number of hydrogen-bond donors (Lipinski definition) is 2. The first-order valence-electron chi connectivity index (χ1n) is 17.4. The Balaban J connectivity index is 1.33. The number of alkyl halides is 3. The molecule has 0 bridgehead atoms. The Hall–Kier alpha value is -6.00. The first kappa shape index (κ1) is 37.9. The van der Waals surface area contributed by atoms with Crippen molar-refractivity contribution in [2.24, 2.45) is 23.7 Å². The van der Waals surface area contributed by atoms with Crippen molar-refractivity contribution < 1.29 is 47.1 Å². The third-order valence-electron chi connectivity index (χ3n) is 11.4. The molecule has 13 nitrogen and oxygen atoms in total. The predicted molar refractivity (Wildman–Crippen MR) is 197 cm³/mol. The zero-order chi connectivity index (χ0) is 40.7. The van der Waals surface area contributed by atoms with Gasteiger partial charge in [-0.25, -0.2) is 9.88 Å². The molecule has 0 spiro atoms. The maximum atomic E-state index is 15.4. The average molecular weight is 823 g/mol. The standard InChI is InChI=1S/C39H28Cl2F3N5O8/c1-57-29-7-3-6-28(50)31(29)32-23-12-13-24-30(36(53)47(34(24)51)21-4-2-5-22(15-21)49(55)56)25(23)16-26-35(52)48(37(54)38(26,32)18-8-10-20(40)11-9-18)46-33-27(41)14-19(17-45-33)39(42,43)44/h2-12,14-15,17,24-26,30,32,50H,13,16H2,1H3,(H,45,46)/t24-,25+,26-,30-,32+,38+/m0/s1. The van der Waals surface area contributed by atoms with E-state index in [1.54, 1.807) is 24.3 Å². The fraction of sp³-hybridized carbons (Fsp3) is 0.256. The number of carbonyl (C=O) groups excluding carboxylic acids is 4. The molecule has 1 saturated carbocycles. The molecule has 3 aromatic carbocycles. The Kier molecular flexibility index (Phi) is 9.03. The number of phenols is 1. The van der Waals surface area contributed by atoms with E-state index in [1.165, 1.54) is 49.6 Å². The van der Waals surface area contributed by atoms with E-state index in [9.17, 15) is 42.8 Å². The number of non-ortho nitro benzene ring substituents is 1. The van der Waals surface area contributed by atoms with E-state index < -0.39 is 86.1 Å². The third-order valence-corrected chi connectivity index (χ3v) is 11.9. The summed E-state index contributed by atoms with van der Waals surface area (Å²) < 4.78 is 46.2. The van der Waals surface area contributed by atoms with Crippen LogP contribution in [0.2, 0.25) is 10.0 Å². The van der Waals surface area contributed by atoms with E-state index in [1.807, 2.05) is 0 Å². The summed E-state index contributed by atoms with van der Waals surface area (Å²) in [5.41, 5.74) is -0.0951. The Morgan fingerprint density at radius 2 is 1.70 bits per heavy atom. The first-order chi connectivity index (χ1) is 27.1. The van der Waals surface area contributed by atoms with Gasteiger partial charge in [0.1, 0.15) is 11.5 Å². The monoisotopic (exact) mass is 821 g/mol. The Labute approximate surface area is 330 Å². The summed E-state index contributed by atoms with van der Waals surface area (Å²) in [4.78, 5) is 74.5. The second kappa shape index (κ2) is 13.6. The van der Waals surface area contributed by atoms with Gasteiger partial charge in [0.25, 0.3) is 17.5 Å². The van der Waals surface area contributed by atoms with Crippen molar-refractivity contribution >= 4 is 64.0 Å². The molecule has 6 atom stereocenters. The molecule has 292 valence electrons. The lowest BCUT2D eigenvalue weighted by molar-refractivity contribution is -0.384. The lowest BCUT2D eigenvalue weighted by Crippen LogP contribution is -2.53. The molecule has 3 fully saturated rings. The zero-order valence-corrected chi connectivity index (χ0v) is 30.9. The number of anilines is 2. The van der Waals surface area contributed by atoms with E-state index in [0.717, 1.165) is 11.0 Å². The molecule has 18 heteroatoms. The topological polar surface area (TPSA) is 172 Å². The molecule has 2 aliphatic heterocycles. The number of rotatable bonds is 7. The number of nitrogens with zero attached hydrogens (tertiary/aromatic N) is 4. The number of aromatic nitrogens is 1. The molecule has 2 saturated heterocycles. The molecule has 4 aliphatic rings. The SMILES string of the molecule is COc1cccc(O)c1[C@H]1C2=CC[C@@H]3C(=O)N(c4cccc([N+](=O)[O-])c4)C(=O)[C@@H]3[C@@H]2C[C@H]2C(=O)N(Nc3ncc(C(F)(F)F)cc3Cl)C(=O)[C@@]12c1ccc(Cl)cc1. The number of phenolic OH excluding ortho intramolecular Hbond substituents is 1. The number of fused-ring (bicyclic) bond motifs is 4. The van der Waals surface area contributed by atoms with E-state index in [4.69, 9.17) is 27.9 Å². The van der Waals surface area contributed by atoms with Crippen LogP contribution in [-0.2, 0) is 30.8 Å². The van der Waals surface area contributed by atoms with Gasteiger partial charge in [0.05, 0.1) is 51.5 Å². The van der Waals surface area contributed by atoms with Gasteiger partial charge in [-0.05, 0) is 60.7 Å². The minimum Gasteiger partial charge on any atom is -0.508 e. The normalized spacial score (nSPS) is 25.5. The number of nitro groups is 1. The summed E-state index contributed by atoms with van der Waals surface area (Å²) in [6, 6.07) is 16.2. The van der Waals surface area contributed by atoms with E-state index >= 15 is 4.79 Å². The highest BCUT2D eigenvalue weighted by molar-refractivity contribution is 6.33. The third kappa shape index (κ3) is 5.71. The zero-order valence-electron chi connectivity index (χ0n) is 29.4. The molecule has 0 radical (unpaired) electrons. The van der Waals surface area contributed by atoms with Crippen LogP contribution in [0.4, 0.5) is 30.4 Å². The van der Waals surface area contributed by atoms with Crippen LogP contribution in [0.1, 0.15) is 35.4 Å². The van der Waals surface area contributed by atoms with Gasteiger partial charge in [-0.2, -0.15) is 18.2 Å². The highest BCUT2D eigenvalue weighted by Gasteiger charge is 2.71. The van der Waals surface area contributed by atoms with Crippen LogP contribution in [0.15, 0.2) is 90.6 Å². The second-order valence-electron chi connectivity index (χ2n) is 14.1. The maximum absolute atomic E-state index is 15.4. The van der Waals surface area contributed by atoms with E-state index in [0.29, 0.717) is 27.9 Å². The van der Waals surface area contributed by atoms with Gasteiger partial charge in [0.2, 0.25) is 11.8 Å². The Bertz CT molecular complexity index is 2450. The van der Waals surface area contributed by atoms with E-state index in [2.05, 4.69) is 10.4 Å². The number of allylic oxidation sites excluding steroid dienone is 2. The molecule has 1 aromatic heterocycles. The molecule has 8 rings (SSSR count).